The number of carbonyl (C=O) groups is 3. The molecule has 1 aromatic carbocycles. The second-order valence-electron chi connectivity index (χ2n) is 5.74. The molecular weight excluding hydrogens is 340 g/mol. The Balaban J connectivity index is 2.17. The maximum atomic E-state index is 12.5. The van der Waals surface area contributed by atoms with Gasteiger partial charge in [0.2, 0.25) is 5.56 Å². The topological polar surface area (TPSA) is 126 Å². The number of carboxylic acids is 1. The van der Waals surface area contributed by atoms with E-state index < -0.39 is 35.9 Å². The maximum Gasteiger partial charge on any atom is 0.326 e. The summed E-state index contributed by atoms with van der Waals surface area (Å²) in [5, 5.41) is 12.0. The smallest absolute Gasteiger partial charge is 0.326 e. The normalized spacial score (nSPS) is 11.7. The number of hydrogen-bond donors (Lipinski definition) is 3. The van der Waals surface area contributed by atoms with Gasteiger partial charge in [0.05, 0.1) is 18.6 Å². The van der Waals surface area contributed by atoms with Crippen molar-refractivity contribution in [2.24, 2.45) is 0 Å². The van der Waals surface area contributed by atoms with Crippen molar-refractivity contribution in [3.05, 3.63) is 46.2 Å². The summed E-state index contributed by atoms with van der Waals surface area (Å²) in [7, 11) is 0. The van der Waals surface area contributed by atoms with E-state index in [2.05, 4.69) is 10.3 Å². The number of esters is 1. The molecule has 0 saturated carbocycles. The number of amides is 1. The van der Waals surface area contributed by atoms with Crippen LogP contribution in [0.4, 0.5) is 0 Å². The van der Waals surface area contributed by atoms with Crippen LogP contribution in [0.5, 0.6) is 0 Å². The minimum atomic E-state index is -1.45. The van der Waals surface area contributed by atoms with Crippen LogP contribution in [-0.2, 0) is 14.3 Å². The minimum Gasteiger partial charge on any atom is -0.480 e. The molecule has 1 atom stereocenters. The van der Waals surface area contributed by atoms with E-state index in [0.29, 0.717) is 17.3 Å². The van der Waals surface area contributed by atoms with Crippen LogP contribution in [0.15, 0.2) is 35.1 Å². The lowest BCUT2D eigenvalue weighted by molar-refractivity contribution is -0.149. The molecule has 0 aliphatic carbocycles. The molecule has 3 N–H and O–H groups in total. The van der Waals surface area contributed by atoms with Crippen molar-refractivity contribution >= 4 is 28.7 Å². The summed E-state index contributed by atoms with van der Waals surface area (Å²) in [5.41, 5.74) is 0.00523. The van der Waals surface area contributed by atoms with Crippen LogP contribution in [0.2, 0.25) is 0 Å². The molecule has 8 heteroatoms. The standard InChI is InChI=1S/C18H20N2O6/c1-2-3-8-26-16(22)10-14(18(24)25)20-17(23)12-9-15(21)19-13-7-5-4-6-11(12)13/h4-7,9,14H,2-3,8,10H2,1H3,(H,19,21)(H,20,23)(H,24,25)/t14-/m1/s1. The minimum absolute atomic E-state index is 0.0370. The van der Waals surface area contributed by atoms with Gasteiger partial charge in [-0.25, -0.2) is 4.79 Å². The quantitative estimate of drug-likeness (QED) is 0.483. The molecule has 0 saturated heterocycles. The Morgan fingerprint density at radius 3 is 2.69 bits per heavy atom. The van der Waals surface area contributed by atoms with Crippen LogP contribution in [0, 0.1) is 0 Å². The van der Waals surface area contributed by atoms with Crippen LogP contribution in [0.1, 0.15) is 36.5 Å². The largest absolute Gasteiger partial charge is 0.480 e. The fourth-order valence-electron chi connectivity index (χ4n) is 2.38. The molecule has 1 amide bonds. The Morgan fingerprint density at radius 1 is 1.27 bits per heavy atom. The molecule has 26 heavy (non-hydrogen) atoms. The fourth-order valence-corrected chi connectivity index (χ4v) is 2.38. The summed E-state index contributed by atoms with van der Waals surface area (Å²) in [6.07, 6.45) is 1.02. The molecule has 2 aromatic rings. The Labute approximate surface area is 149 Å². The molecule has 8 nitrogen and oxygen atoms in total. The van der Waals surface area contributed by atoms with E-state index >= 15 is 0 Å². The molecule has 138 valence electrons. The summed E-state index contributed by atoms with van der Waals surface area (Å²) in [6.45, 7) is 2.13. The average Bonchev–Trinajstić information content (AvgIpc) is 2.60. The highest BCUT2D eigenvalue weighted by molar-refractivity contribution is 6.07. The van der Waals surface area contributed by atoms with E-state index in [1.807, 2.05) is 6.92 Å². The molecule has 0 aliphatic rings. The van der Waals surface area contributed by atoms with Gasteiger partial charge in [-0.3, -0.25) is 14.4 Å². The van der Waals surface area contributed by atoms with Crippen LogP contribution >= 0.6 is 0 Å². The highest BCUT2D eigenvalue weighted by atomic mass is 16.5. The molecule has 1 aromatic heterocycles. The van der Waals surface area contributed by atoms with E-state index in [9.17, 15) is 24.3 Å². The number of benzene rings is 1. The third kappa shape index (κ3) is 4.92. The predicted octanol–water partition coefficient (Wildman–Crippen LogP) is 1.44. The number of carbonyl (C=O) groups excluding carboxylic acids is 2. The van der Waals surface area contributed by atoms with Gasteiger partial charge in [-0.2, -0.15) is 0 Å². The molecule has 0 aliphatic heterocycles. The third-order valence-electron chi connectivity index (χ3n) is 3.73. The fraction of sp³-hybridized carbons (Fsp3) is 0.333. The van der Waals surface area contributed by atoms with Crippen LogP contribution in [0.25, 0.3) is 10.9 Å². The zero-order valence-corrected chi connectivity index (χ0v) is 14.3. The monoisotopic (exact) mass is 360 g/mol. The highest BCUT2D eigenvalue weighted by Gasteiger charge is 2.25. The average molecular weight is 360 g/mol. The van der Waals surface area contributed by atoms with Crippen LogP contribution in [-0.4, -0.2) is 40.6 Å². The summed E-state index contributed by atoms with van der Waals surface area (Å²) < 4.78 is 4.93. The van der Waals surface area contributed by atoms with E-state index in [0.717, 1.165) is 12.5 Å². The first-order valence-electron chi connectivity index (χ1n) is 8.23. The van der Waals surface area contributed by atoms with Crippen LogP contribution < -0.4 is 10.9 Å². The van der Waals surface area contributed by atoms with Crippen molar-refractivity contribution in [1.29, 1.82) is 0 Å². The van der Waals surface area contributed by atoms with E-state index in [-0.39, 0.29) is 12.2 Å². The number of aromatic nitrogens is 1. The van der Waals surface area contributed by atoms with Crippen molar-refractivity contribution in [2.75, 3.05) is 6.61 Å². The van der Waals surface area contributed by atoms with Gasteiger partial charge in [0, 0.05) is 17.0 Å². The van der Waals surface area contributed by atoms with E-state index in [4.69, 9.17) is 4.74 Å². The first-order valence-corrected chi connectivity index (χ1v) is 8.23. The van der Waals surface area contributed by atoms with Crippen molar-refractivity contribution < 1.29 is 24.2 Å². The van der Waals surface area contributed by atoms with Crippen molar-refractivity contribution in [2.45, 2.75) is 32.2 Å². The number of para-hydroxylation sites is 1. The Morgan fingerprint density at radius 2 is 2.00 bits per heavy atom. The van der Waals surface area contributed by atoms with Crippen molar-refractivity contribution in [3.8, 4) is 0 Å². The molecule has 1 heterocycles. The second kappa shape index (κ2) is 8.80. The molecule has 0 bridgehead atoms. The number of aromatic amines is 1. The number of rotatable bonds is 8. The first-order chi connectivity index (χ1) is 12.4. The summed E-state index contributed by atoms with van der Waals surface area (Å²) >= 11 is 0. The lowest BCUT2D eigenvalue weighted by Gasteiger charge is -2.15. The Hall–Kier alpha value is -3.16. The molecule has 0 radical (unpaired) electrons. The van der Waals surface area contributed by atoms with Gasteiger partial charge in [-0.05, 0) is 12.5 Å². The van der Waals surface area contributed by atoms with Gasteiger partial charge >= 0.3 is 11.9 Å². The van der Waals surface area contributed by atoms with Crippen molar-refractivity contribution in [3.63, 3.8) is 0 Å². The maximum absolute atomic E-state index is 12.5. The lowest BCUT2D eigenvalue weighted by atomic mass is 10.1. The summed E-state index contributed by atoms with van der Waals surface area (Å²) in [5.74, 6) is -2.82. The first kappa shape index (κ1) is 19.2. The van der Waals surface area contributed by atoms with Gasteiger partial charge < -0.3 is 20.1 Å². The van der Waals surface area contributed by atoms with Gasteiger partial charge in [-0.1, -0.05) is 31.5 Å². The number of unbranched alkanes of at least 4 members (excludes halogenated alkanes) is 1. The van der Waals surface area contributed by atoms with Crippen LogP contribution in [0.3, 0.4) is 0 Å². The Bertz CT molecular complexity index is 873. The number of nitrogens with one attached hydrogen (secondary N) is 2. The number of hydrogen-bond acceptors (Lipinski definition) is 5. The number of pyridine rings is 1. The molecule has 0 unspecified atom stereocenters. The zero-order valence-electron chi connectivity index (χ0n) is 14.3. The van der Waals surface area contributed by atoms with Gasteiger partial charge in [0.25, 0.3) is 5.91 Å². The number of fused-ring (bicyclic) bond motifs is 1. The molecule has 0 fully saturated rings. The lowest BCUT2D eigenvalue weighted by Crippen LogP contribution is -2.42. The SMILES string of the molecule is CCCCOC(=O)C[C@@H](NC(=O)c1cc(=O)[nH]c2ccccc12)C(=O)O. The zero-order chi connectivity index (χ0) is 19.1. The third-order valence-corrected chi connectivity index (χ3v) is 3.73. The van der Waals surface area contributed by atoms with Crippen molar-refractivity contribution in [1.82, 2.24) is 10.3 Å². The van der Waals surface area contributed by atoms with E-state index in [1.54, 1.807) is 24.3 Å². The van der Waals surface area contributed by atoms with Gasteiger partial charge in [0.1, 0.15) is 6.04 Å². The van der Waals surface area contributed by atoms with Gasteiger partial charge in [0.15, 0.2) is 0 Å². The summed E-state index contributed by atoms with van der Waals surface area (Å²) in [6, 6.07) is 6.30. The Kier molecular flexibility index (Phi) is 6.48. The number of ether oxygens (including phenoxy) is 1. The summed E-state index contributed by atoms with van der Waals surface area (Å²) in [4.78, 5) is 49.9. The molecular formula is C18H20N2O6. The van der Waals surface area contributed by atoms with Gasteiger partial charge in [-0.15, -0.1) is 0 Å². The predicted molar refractivity (Wildman–Crippen MR) is 93.9 cm³/mol. The molecule has 2 rings (SSSR count). The highest BCUT2D eigenvalue weighted by Crippen LogP contribution is 2.14. The van der Waals surface area contributed by atoms with E-state index in [1.165, 1.54) is 0 Å². The number of H-pyrrole nitrogens is 1. The molecule has 0 spiro atoms. The second-order valence-corrected chi connectivity index (χ2v) is 5.74. The number of carboxylic acid groups (broad SMARTS) is 1. The number of aliphatic carboxylic acids is 1.